The van der Waals surface area contributed by atoms with Crippen molar-refractivity contribution >= 4 is 56.9 Å². The second-order valence-corrected chi connectivity index (χ2v) is 16.1. The lowest BCUT2D eigenvalue weighted by atomic mass is 9.79. The Morgan fingerprint density at radius 3 is 2.65 bits per heavy atom. The van der Waals surface area contributed by atoms with Gasteiger partial charge in [-0.05, 0) is 55.9 Å². The molecule has 15 heteroatoms. The van der Waals surface area contributed by atoms with Crippen LogP contribution in [0.15, 0.2) is 42.7 Å². The number of carbonyl (C=O) groups is 1. The monoisotopic (exact) mass is 788 g/mol. The molecule has 5 fully saturated rings. The molecule has 0 radical (unpaired) electrons. The molecule has 1 N–H and O–H groups in total. The van der Waals surface area contributed by atoms with E-state index in [0.717, 1.165) is 42.8 Å². The van der Waals surface area contributed by atoms with Gasteiger partial charge >= 0.3 is 6.09 Å². The quantitative estimate of drug-likeness (QED) is 0.175. The molecular weight excluding hydrogens is 752 g/mol. The van der Waals surface area contributed by atoms with Gasteiger partial charge in [-0.1, -0.05) is 35.3 Å². The smallest absolute Gasteiger partial charge is 0.410 e. The average molecular weight is 790 g/mol. The first-order chi connectivity index (χ1) is 26.4. The first-order valence-corrected chi connectivity index (χ1v) is 19.2. The van der Waals surface area contributed by atoms with Crippen LogP contribution in [0.1, 0.15) is 60.9 Å². The number of pyridine rings is 1. The largest absolute Gasteiger partial charge is 0.453 e. The number of aromatic nitrogens is 4. The number of likely N-dealkylation sites (tertiary alicyclic amines) is 1. The van der Waals surface area contributed by atoms with Crippen LogP contribution < -0.4 is 10.2 Å². The molecule has 1 saturated carbocycles. The summed E-state index contributed by atoms with van der Waals surface area (Å²) in [5, 5.41) is 15.2. The molecule has 5 aromatic rings. The highest BCUT2D eigenvalue weighted by Gasteiger charge is 2.54. The first kappa shape index (κ1) is 36.0. The molecule has 55 heavy (non-hydrogen) atoms. The molecule has 3 aromatic heterocycles. The number of hydrogen-bond donors (Lipinski definition) is 1. The molecule has 4 saturated heterocycles. The Bertz CT molecular complexity index is 2430. The number of rotatable bonds is 7. The Kier molecular flexibility index (Phi) is 8.67. The number of piperidine rings is 1. The number of methoxy groups -OCH3 is 1. The van der Waals surface area contributed by atoms with Crippen molar-refractivity contribution < 1.29 is 22.7 Å². The molecule has 0 spiro atoms. The number of benzene rings is 2. The summed E-state index contributed by atoms with van der Waals surface area (Å²) >= 11 is 13.1. The Labute approximate surface area is 325 Å². The summed E-state index contributed by atoms with van der Waals surface area (Å²) in [6, 6.07) is 12.1. The number of aryl methyl sites for hydroxylation is 2. The third kappa shape index (κ3) is 5.62. The Morgan fingerprint density at radius 1 is 1.13 bits per heavy atom. The third-order valence-corrected chi connectivity index (χ3v) is 13.0. The molecule has 1 aliphatic carbocycles. The normalized spacial score (nSPS) is 24.4. The van der Waals surface area contributed by atoms with Crippen molar-refractivity contribution in [2.45, 2.75) is 69.6 Å². The lowest BCUT2D eigenvalue weighted by molar-refractivity contribution is 0.0126. The molecule has 5 aliphatic rings. The third-order valence-electron chi connectivity index (χ3n) is 12.1. The number of carbonyl (C=O) groups excluding carboxylic acids is 1. The van der Waals surface area contributed by atoms with Gasteiger partial charge in [0.1, 0.15) is 23.4 Å². The topological polar surface area (TPSA) is 112 Å². The van der Waals surface area contributed by atoms with Gasteiger partial charge in [-0.15, -0.1) is 0 Å². The van der Waals surface area contributed by atoms with Crippen LogP contribution in [-0.4, -0.2) is 69.3 Å². The molecule has 284 valence electrons. The van der Waals surface area contributed by atoms with E-state index in [1.165, 1.54) is 13.2 Å². The summed E-state index contributed by atoms with van der Waals surface area (Å²) in [6.45, 7) is 4.32. The Hall–Kier alpha value is -4.64. The van der Waals surface area contributed by atoms with Crippen molar-refractivity contribution in [2.24, 2.45) is 11.8 Å². The van der Waals surface area contributed by atoms with Gasteiger partial charge in [0.15, 0.2) is 5.82 Å². The van der Waals surface area contributed by atoms with Gasteiger partial charge in [0, 0.05) is 84.3 Å². The number of nitrogens with one attached hydrogen (secondary N) is 1. The van der Waals surface area contributed by atoms with Crippen LogP contribution in [-0.2, 0) is 17.1 Å². The highest BCUT2D eigenvalue weighted by Crippen LogP contribution is 2.53. The minimum Gasteiger partial charge on any atom is -0.453 e. The fourth-order valence-corrected chi connectivity index (χ4v) is 10.2. The number of amides is 1. The number of nitrogens with zero attached hydrogens (tertiary/aromatic N) is 7. The molecular formula is C40H37Cl2F3N8O2. The maximum atomic E-state index is 17.3. The fourth-order valence-electron chi connectivity index (χ4n) is 9.76. The van der Waals surface area contributed by atoms with E-state index in [4.69, 9.17) is 32.9 Å². The molecule has 10 rings (SSSR count). The summed E-state index contributed by atoms with van der Waals surface area (Å²) in [5.41, 5.74) is 3.43. The van der Waals surface area contributed by atoms with Crippen LogP contribution in [0.4, 0.5) is 23.8 Å². The van der Waals surface area contributed by atoms with Gasteiger partial charge in [0.2, 0.25) is 0 Å². The molecule has 6 atom stereocenters. The van der Waals surface area contributed by atoms with Crippen LogP contribution in [0, 0.1) is 35.9 Å². The Balaban J connectivity index is 1.26. The first-order valence-electron chi connectivity index (χ1n) is 18.4. The second-order valence-electron chi connectivity index (χ2n) is 15.3. The molecule has 0 unspecified atom stereocenters. The maximum Gasteiger partial charge on any atom is 0.410 e. The molecule has 4 bridgehead atoms. The van der Waals surface area contributed by atoms with E-state index in [1.807, 2.05) is 17.9 Å². The SMILES string of the molecule is COC(=O)N1[C@@H]2C[C@@H](CN(c3cc(C(C)(F)F)ncn3)C2)[C@@H]1c1cc2c(C)nc3c(F)c(-c4cccc(Cl)c4Cl)c(CCC#N)cc3c2n1[C@H]1[C@H]2CN[C@@H]1C2. The van der Waals surface area contributed by atoms with E-state index in [0.29, 0.717) is 53.5 Å². The van der Waals surface area contributed by atoms with Crippen molar-refractivity contribution in [1.29, 1.82) is 5.26 Å². The van der Waals surface area contributed by atoms with Crippen LogP contribution >= 0.6 is 23.2 Å². The van der Waals surface area contributed by atoms with Gasteiger partial charge in [0.05, 0.1) is 46.9 Å². The highest BCUT2D eigenvalue weighted by atomic mass is 35.5. The van der Waals surface area contributed by atoms with E-state index in [-0.39, 0.29) is 63.7 Å². The average Bonchev–Trinajstić information content (AvgIpc) is 3.95. The molecule has 10 nitrogen and oxygen atoms in total. The van der Waals surface area contributed by atoms with Gasteiger partial charge in [-0.25, -0.2) is 24.1 Å². The number of nitriles is 1. The zero-order valence-corrected chi connectivity index (χ0v) is 31.8. The molecule has 1 amide bonds. The van der Waals surface area contributed by atoms with Gasteiger partial charge < -0.3 is 19.5 Å². The number of hydrogen-bond acceptors (Lipinski definition) is 8. The highest BCUT2D eigenvalue weighted by molar-refractivity contribution is 6.43. The zero-order valence-electron chi connectivity index (χ0n) is 30.3. The van der Waals surface area contributed by atoms with Crippen molar-refractivity contribution in [2.75, 3.05) is 31.6 Å². The lowest BCUT2D eigenvalue weighted by Gasteiger charge is -2.40. The number of alkyl halides is 2. The minimum atomic E-state index is -3.14. The number of halogens is 5. The summed E-state index contributed by atoms with van der Waals surface area (Å²) < 4.78 is 53.7. The van der Waals surface area contributed by atoms with Crippen LogP contribution in [0.3, 0.4) is 0 Å². The van der Waals surface area contributed by atoms with Gasteiger partial charge in [0.25, 0.3) is 5.92 Å². The zero-order chi connectivity index (χ0) is 38.5. The summed E-state index contributed by atoms with van der Waals surface area (Å²) in [4.78, 5) is 30.6. The second kappa shape index (κ2) is 13.2. The minimum absolute atomic E-state index is 0.0254. The lowest BCUT2D eigenvalue weighted by Crippen LogP contribution is -2.45. The number of ether oxygens (including phenoxy) is 1. The number of fused-ring (bicyclic) bond motifs is 6. The van der Waals surface area contributed by atoms with E-state index < -0.39 is 23.9 Å². The van der Waals surface area contributed by atoms with Gasteiger partial charge in [-0.2, -0.15) is 14.0 Å². The van der Waals surface area contributed by atoms with E-state index in [9.17, 15) is 18.8 Å². The molecule has 7 heterocycles. The summed E-state index contributed by atoms with van der Waals surface area (Å²) in [6.07, 6.45) is 2.76. The maximum absolute atomic E-state index is 17.3. The standard InChI is InChI=1S/C40H37Cl2F3N8O2/c1-19-25-13-29(37-22-10-23(52(37)39(54)55-3)17-51(16-22)31-14-30(40(2,44)45)48-18-49-31)53(36-21-12-28(36)47-15-21)38(25)26-11-20(6-5-9-46)32(34(43)35(26)50-19)24-7-4-8-27(41)33(24)42/h4,7-8,11,13-14,18,21-23,28,36-37,47H,5-6,10,12,15-17H2,1-3H3/t21-,22+,23-,28-,36+,37-/m1/s1. The number of anilines is 1. The van der Waals surface area contributed by atoms with Crippen molar-refractivity contribution in [3.8, 4) is 17.2 Å². The van der Waals surface area contributed by atoms with Crippen LogP contribution in [0.2, 0.25) is 10.0 Å². The fraction of sp³-hybridized carbons (Fsp3) is 0.425. The summed E-state index contributed by atoms with van der Waals surface area (Å²) in [7, 11) is 1.36. The van der Waals surface area contributed by atoms with E-state index in [2.05, 4.69) is 32.0 Å². The van der Waals surface area contributed by atoms with Crippen molar-refractivity contribution in [1.82, 2.24) is 29.7 Å². The molecule has 2 aromatic carbocycles. The Morgan fingerprint density at radius 2 is 1.95 bits per heavy atom. The van der Waals surface area contributed by atoms with Gasteiger partial charge in [-0.3, -0.25) is 4.90 Å². The van der Waals surface area contributed by atoms with E-state index in [1.54, 1.807) is 23.1 Å². The predicted octanol–water partition coefficient (Wildman–Crippen LogP) is 8.52. The molecule has 4 aliphatic heterocycles. The van der Waals surface area contributed by atoms with Crippen LogP contribution in [0.5, 0.6) is 0 Å². The summed E-state index contributed by atoms with van der Waals surface area (Å²) in [5.74, 6) is -3.13. The van der Waals surface area contributed by atoms with E-state index >= 15 is 4.39 Å². The van der Waals surface area contributed by atoms with Crippen LogP contribution in [0.25, 0.3) is 32.9 Å². The predicted molar refractivity (Wildman–Crippen MR) is 203 cm³/mol. The van der Waals surface area contributed by atoms with Crippen molar-refractivity contribution in [3.63, 3.8) is 0 Å². The van der Waals surface area contributed by atoms with Crippen molar-refractivity contribution in [3.05, 3.63) is 81.2 Å².